The maximum atomic E-state index is 12.5. The van der Waals surface area contributed by atoms with Crippen LogP contribution in [0.3, 0.4) is 0 Å². The van der Waals surface area contributed by atoms with Gasteiger partial charge in [0, 0.05) is 28.8 Å². The van der Waals surface area contributed by atoms with E-state index in [1.165, 1.54) is 28.6 Å². The Kier molecular flexibility index (Phi) is 7.34. The Morgan fingerprint density at radius 3 is 2.21 bits per heavy atom. The van der Waals surface area contributed by atoms with Gasteiger partial charge in [-0.2, -0.15) is 4.31 Å². The third kappa shape index (κ3) is 5.18. The molecule has 2 N–H and O–H groups in total. The summed E-state index contributed by atoms with van der Waals surface area (Å²) in [5, 5.41) is 11.7. The maximum absolute atomic E-state index is 12.5. The number of aliphatic carboxylic acids is 1. The minimum atomic E-state index is -3.60. The first kappa shape index (κ1) is 22.1. The molecule has 150 valence electrons. The molecule has 1 amide bonds. The van der Waals surface area contributed by atoms with Gasteiger partial charge in [-0.05, 0) is 48.0 Å². The number of anilines is 1. The van der Waals surface area contributed by atoms with Crippen LogP contribution in [0.1, 0.15) is 29.8 Å². The van der Waals surface area contributed by atoms with E-state index in [1.807, 2.05) is 0 Å². The number of amides is 1. The molecule has 0 fully saturated rings. The molecular formula is C19H21BrN2O5S. The van der Waals surface area contributed by atoms with Crippen LogP contribution in [0.4, 0.5) is 5.69 Å². The van der Waals surface area contributed by atoms with Crippen molar-refractivity contribution in [2.24, 2.45) is 0 Å². The number of carboxylic acids is 1. The molecule has 28 heavy (non-hydrogen) atoms. The van der Waals surface area contributed by atoms with Gasteiger partial charge in [-0.15, -0.1) is 0 Å². The van der Waals surface area contributed by atoms with Crippen molar-refractivity contribution >= 4 is 43.5 Å². The van der Waals surface area contributed by atoms with Crippen molar-refractivity contribution < 1.29 is 23.1 Å². The highest BCUT2D eigenvalue weighted by atomic mass is 79.9. The molecule has 0 aliphatic carbocycles. The Labute approximate surface area is 172 Å². The topological polar surface area (TPSA) is 104 Å². The van der Waals surface area contributed by atoms with Crippen LogP contribution in [-0.2, 0) is 21.2 Å². The lowest BCUT2D eigenvalue weighted by Gasteiger charge is -2.18. The summed E-state index contributed by atoms with van der Waals surface area (Å²) < 4.78 is 27.1. The lowest BCUT2D eigenvalue weighted by atomic mass is 10.1. The van der Waals surface area contributed by atoms with Crippen LogP contribution in [0.15, 0.2) is 51.8 Å². The van der Waals surface area contributed by atoms with Gasteiger partial charge in [-0.3, -0.25) is 9.59 Å². The average molecular weight is 469 g/mol. The predicted molar refractivity (Wildman–Crippen MR) is 110 cm³/mol. The number of carbonyl (C=O) groups is 2. The summed E-state index contributed by atoms with van der Waals surface area (Å²) in [5.74, 6) is -1.47. The van der Waals surface area contributed by atoms with E-state index in [1.54, 1.807) is 32.0 Å². The SMILES string of the molecule is CCN(CC)S(=O)(=O)c1ccc(C(=O)Nc2ccc(Br)cc2CC(=O)O)cc1. The van der Waals surface area contributed by atoms with Crippen molar-refractivity contribution in [3.63, 3.8) is 0 Å². The second-order valence-corrected chi connectivity index (χ2v) is 8.79. The number of carbonyl (C=O) groups excluding carboxylic acids is 1. The molecule has 0 aliphatic heterocycles. The van der Waals surface area contributed by atoms with E-state index in [9.17, 15) is 18.0 Å². The predicted octanol–water partition coefficient (Wildman–Crippen LogP) is 3.36. The Balaban J connectivity index is 2.24. The molecule has 0 saturated heterocycles. The second-order valence-electron chi connectivity index (χ2n) is 5.94. The maximum Gasteiger partial charge on any atom is 0.307 e. The zero-order valence-corrected chi connectivity index (χ0v) is 17.9. The van der Waals surface area contributed by atoms with Gasteiger partial charge in [0.25, 0.3) is 5.91 Å². The number of hydrogen-bond acceptors (Lipinski definition) is 4. The summed E-state index contributed by atoms with van der Waals surface area (Å²) in [6.45, 7) is 4.24. The van der Waals surface area contributed by atoms with E-state index < -0.39 is 21.9 Å². The van der Waals surface area contributed by atoms with Gasteiger partial charge in [0.15, 0.2) is 0 Å². The molecule has 2 rings (SSSR count). The van der Waals surface area contributed by atoms with E-state index in [0.717, 1.165) is 0 Å². The summed E-state index contributed by atoms with van der Waals surface area (Å²) in [6, 6.07) is 10.6. The molecule has 0 saturated carbocycles. The normalized spacial score (nSPS) is 11.4. The van der Waals surface area contributed by atoms with Gasteiger partial charge < -0.3 is 10.4 Å². The number of sulfonamides is 1. The highest BCUT2D eigenvalue weighted by Crippen LogP contribution is 2.23. The molecule has 0 bridgehead atoms. The third-order valence-electron chi connectivity index (χ3n) is 4.12. The summed E-state index contributed by atoms with van der Waals surface area (Å²) in [5.41, 5.74) is 1.11. The first-order valence-electron chi connectivity index (χ1n) is 8.60. The molecule has 0 aliphatic rings. The quantitative estimate of drug-likeness (QED) is 0.617. The summed E-state index contributed by atoms with van der Waals surface area (Å²) in [4.78, 5) is 23.7. The van der Waals surface area contributed by atoms with E-state index in [-0.39, 0.29) is 16.9 Å². The first-order chi connectivity index (χ1) is 13.2. The molecule has 7 nitrogen and oxygen atoms in total. The smallest absolute Gasteiger partial charge is 0.307 e. The molecule has 0 unspecified atom stereocenters. The van der Waals surface area contributed by atoms with Crippen molar-refractivity contribution in [2.75, 3.05) is 18.4 Å². The number of nitrogens with zero attached hydrogens (tertiary/aromatic N) is 1. The monoisotopic (exact) mass is 468 g/mol. The fraction of sp³-hybridized carbons (Fsp3) is 0.263. The highest BCUT2D eigenvalue weighted by molar-refractivity contribution is 9.10. The van der Waals surface area contributed by atoms with Gasteiger partial charge >= 0.3 is 5.97 Å². The highest BCUT2D eigenvalue weighted by Gasteiger charge is 2.21. The van der Waals surface area contributed by atoms with Crippen LogP contribution in [-0.4, -0.2) is 42.8 Å². The molecule has 0 atom stereocenters. The average Bonchev–Trinajstić information content (AvgIpc) is 2.64. The van der Waals surface area contributed by atoms with Crippen molar-refractivity contribution in [1.29, 1.82) is 0 Å². The molecule has 9 heteroatoms. The Morgan fingerprint density at radius 1 is 1.07 bits per heavy atom. The number of benzene rings is 2. The summed E-state index contributed by atoms with van der Waals surface area (Å²) in [6.07, 6.45) is -0.240. The van der Waals surface area contributed by atoms with E-state index >= 15 is 0 Å². The van der Waals surface area contributed by atoms with Crippen LogP contribution in [0.5, 0.6) is 0 Å². The first-order valence-corrected chi connectivity index (χ1v) is 10.8. The van der Waals surface area contributed by atoms with Crippen LogP contribution in [0.2, 0.25) is 0 Å². The largest absolute Gasteiger partial charge is 0.481 e. The van der Waals surface area contributed by atoms with Gasteiger partial charge in [-0.1, -0.05) is 29.8 Å². The lowest BCUT2D eigenvalue weighted by molar-refractivity contribution is -0.136. The molecule has 0 radical (unpaired) electrons. The Morgan fingerprint density at radius 2 is 1.68 bits per heavy atom. The molecular weight excluding hydrogens is 448 g/mol. The molecule has 0 spiro atoms. The van der Waals surface area contributed by atoms with Crippen molar-refractivity contribution in [3.8, 4) is 0 Å². The van der Waals surface area contributed by atoms with Crippen LogP contribution >= 0.6 is 15.9 Å². The van der Waals surface area contributed by atoms with Crippen LogP contribution in [0.25, 0.3) is 0 Å². The fourth-order valence-electron chi connectivity index (χ4n) is 2.68. The second kappa shape index (κ2) is 9.31. The lowest BCUT2D eigenvalue weighted by Crippen LogP contribution is -2.30. The standard InChI is InChI=1S/C19H21BrN2O5S/c1-3-22(4-2)28(26,27)16-8-5-13(6-9-16)19(25)21-17-10-7-15(20)11-14(17)12-18(23)24/h5-11H,3-4,12H2,1-2H3,(H,21,25)(H,23,24). The Hall–Kier alpha value is -2.23. The van der Waals surface area contributed by atoms with Crippen LogP contribution in [0, 0.1) is 0 Å². The molecule has 2 aromatic rings. The third-order valence-corrected chi connectivity index (χ3v) is 6.67. The fourth-order valence-corrected chi connectivity index (χ4v) is 4.55. The molecule has 0 aromatic heterocycles. The van der Waals surface area contributed by atoms with Crippen molar-refractivity contribution in [1.82, 2.24) is 4.31 Å². The number of nitrogens with one attached hydrogen (secondary N) is 1. The number of carboxylic acid groups (broad SMARTS) is 1. The molecule has 2 aromatic carbocycles. The number of rotatable bonds is 8. The number of halogens is 1. The molecule has 0 heterocycles. The van der Waals surface area contributed by atoms with Gasteiger partial charge in [0.1, 0.15) is 0 Å². The summed E-state index contributed by atoms with van der Waals surface area (Å²) >= 11 is 3.28. The van der Waals surface area contributed by atoms with Gasteiger partial charge in [0.2, 0.25) is 10.0 Å². The minimum Gasteiger partial charge on any atom is -0.481 e. The van der Waals surface area contributed by atoms with E-state index in [2.05, 4.69) is 21.2 Å². The zero-order valence-electron chi connectivity index (χ0n) is 15.5. The number of hydrogen-bond donors (Lipinski definition) is 2. The van der Waals surface area contributed by atoms with E-state index in [4.69, 9.17) is 5.11 Å². The van der Waals surface area contributed by atoms with Gasteiger partial charge in [-0.25, -0.2) is 8.42 Å². The van der Waals surface area contributed by atoms with Crippen molar-refractivity contribution in [3.05, 3.63) is 58.1 Å². The van der Waals surface area contributed by atoms with Crippen molar-refractivity contribution in [2.45, 2.75) is 25.2 Å². The zero-order chi connectivity index (χ0) is 20.9. The Bertz CT molecular complexity index is 970. The van der Waals surface area contributed by atoms with E-state index in [0.29, 0.717) is 28.8 Å². The summed E-state index contributed by atoms with van der Waals surface area (Å²) in [7, 11) is -3.60. The minimum absolute atomic E-state index is 0.114. The van der Waals surface area contributed by atoms with Gasteiger partial charge in [0.05, 0.1) is 11.3 Å². The van der Waals surface area contributed by atoms with Crippen LogP contribution < -0.4 is 5.32 Å².